The van der Waals surface area contributed by atoms with Crippen LogP contribution in [0.25, 0.3) is 0 Å². The van der Waals surface area contributed by atoms with Crippen molar-refractivity contribution in [3.8, 4) is 0 Å². The number of aryl methyl sites for hydroxylation is 1. The number of nitrogens with zero attached hydrogens (tertiary/aromatic N) is 1. The highest BCUT2D eigenvalue weighted by Crippen LogP contribution is 2.20. The van der Waals surface area contributed by atoms with Crippen LogP contribution in [0.15, 0.2) is 47.1 Å². The molecule has 1 atom stereocenters. The predicted octanol–water partition coefficient (Wildman–Crippen LogP) is 3.43. The lowest BCUT2D eigenvalue weighted by Crippen LogP contribution is -2.03. The molecule has 2 aromatic rings. The van der Waals surface area contributed by atoms with Crippen LogP contribution >= 0.6 is 15.9 Å². The van der Waals surface area contributed by atoms with Crippen molar-refractivity contribution in [2.24, 2.45) is 0 Å². The van der Waals surface area contributed by atoms with Crippen LogP contribution in [-0.2, 0) is 6.42 Å². The summed E-state index contributed by atoms with van der Waals surface area (Å²) in [5, 5.41) is 10.1. The molecule has 0 fully saturated rings. The average molecular weight is 292 g/mol. The number of rotatable bonds is 3. The highest BCUT2D eigenvalue weighted by Gasteiger charge is 2.09. The van der Waals surface area contributed by atoms with Crippen molar-refractivity contribution in [1.29, 1.82) is 0 Å². The summed E-state index contributed by atoms with van der Waals surface area (Å²) >= 11 is 3.40. The lowest BCUT2D eigenvalue weighted by atomic mass is 10.0. The molecule has 1 N–H and O–H groups in total. The summed E-state index contributed by atoms with van der Waals surface area (Å²) in [4.78, 5) is 4.29. The van der Waals surface area contributed by atoms with Gasteiger partial charge in [-0.05, 0) is 36.2 Å². The van der Waals surface area contributed by atoms with Crippen LogP contribution in [0.2, 0.25) is 0 Å². The molecule has 1 aromatic carbocycles. The van der Waals surface area contributed by atoms with E-state index in [4.69, 9.17) is 0 Å². The minimum Gasteiger partial charge on any atom is -0.388 e. The minimum atomic E-state index is -0.511. The van der Waals surface area contributed by atoms with E-state index >= 15 is 0 Å². The van der Waals surface area contributed by atoms with Crippen molar-refractivity contribution >= 4 is 15.9 Å². The quantitative estimate of drug-likeness (QED) is 0.940. The van der Waals surface area contributed by atoms with E-state index in [1.165, 1.54) is 0 Å². The minimum absolute atomic E-state index is 0.511. The third-order valence-electron chi connectivity index (χ3n) is 2.61. The maximum Gasteiger partial charge on any atom is 0.0845 e. The number of pyridine rings is 1. The van der Waals surface area contributed by atoms with Crippen LogP contribution in [0.3, 0.4) is 0 Å². The van der Waals surface area contributed by atoms with Gasteiger partial charge >= 0.3 is 0 Å². The number of aliphatic hydroxyl groups is 1. The van der Waals surface area contributed by atoms with Gasteiger partial charge in [0, 0.05) is 22.8 Å². The summed E-state index contributed by atoms with van der Waals surface area (Å²) in [6.07, 6.45) is 1.85. The normalized spacial score (nSPS) is 12.4. The van der Waals surface area contributed by atoms with E-state index in [0.717, 1.165) is 21.3 Å². The van der Waals surface area contributed by atoms with Crippen LogP contribution in [-0.4, -0.2) is 10.1 Å². The summed E-state index contributed by atoms with van der Waals surface area (Å²) in [5.74, 6) is 0. The molecule has 1 aromatic heterocycles. The van der Waals surface area contributed by atoms with Crippen LogP contribution < -0.4 is 0 Å². The summed E-state index contributed by atoms with van der Waals surface area (Å²) < 4.78 is 0.978. The van der Waals surface area contributed by atoms with Gasteiger partial charge in [-0.1, -0.05) is 34.1 Å². The van der Waals surface area contributed by atoms with Crippen molar-refractivity contribution < 1.29 is 5.11 Å². The largest absolute Gasteiger partial charge is 0.388 e. The number of hydrogen-bond donors (Lipinski definition) is 1. The van der Waals surface area contributed by atoms with E-state index < -0.39 is 6.10 Å². The molecule has 0 spiro atoms. The summed E-state index contributed by atoms with van der Waals surface area (Å²) in [5.41, 5.74) is 2.94. The Hall–Kier alpha value is -1.19. The van der Waals surface area contributed by atoms with Gasteiger partial charge in [-0.3, -0.25) is 4.98 Å². The molecule has 17 heavy (non-hydrogen) atoms. The predicted molar refractivity (Wildman–Crippen MR) is 71.8 cm³/mol. The zero-order chi connectivity index (χ0) is 12.3. The molecule has 0 saturated heterocycles. The molecule has 0 aliphatic heterocycles. The molecule has 0 radical (unpaired) electrons. The third kappa shape index (κ3) is 3.38. The standard InChI is InChI=1S/C14H14BrNO/c1-10-5-6-13(16-9-10)8-14(17)11-3-2-4-12(15)7-11/h2-7,9,14,17H,8H2,1H3. The lowest BCUT2D eigenvalue weighted by Gasteiger charge is -2.11. The Bertz CT molecular complexity index is 496. The molecular formula is C14H14BrNO. The van der Waals surface area contributed by atoms with Crippen LogP contribution in [0.5, 0.6) is 0 Å². The maximum absolute atomic E-state index is 10.1. The number of hydrogen-bond acceptors (Lipinski definition) is 2. The summed E-state index contributed by atoms with van der Waals surface area (Å²) in [7, 11) is 0. The fourth-order valence-electron chi connectivity index (χ4n) is 1.65. The van der Waals surface area contributed by atoms with E-state index in [9.17, 15) is 5.11 Å². The van der Waals surface area contributed by atoms with Crippen molar-refractivity contribution in [1.82, 2.24) is 4.98 Å². The van der Waals surface area contributed by atoms with E-state index in [1.807, 2.05) is 49.5 Å². The molecule has 0 aliphatic carbocycles. The molecule has 0 aliphatic rings. The summed E-state index contributed by atoms with van der Waals surface area (Å²) in [6.45, 7) is 2.00. The number of aromatic nitrogens is 1. The van der Waals surface area contributed by atoms with Gasteiger partial charge in [0.2, 0.25) is 0 Å². The first-order chi connectivity index (χ1) is 8.15. The molecule has 0 amide bonds. The molecule has 0 saturated carbocycles. The zero-order valence-electron chi connectivity index (χ0n) is 9.60. The van der Waals surface area contributed by atoms with E-state index in [1.54, 1.807) is 0 Å². The second kappa shape index (κ2) is 5.43. The molecule has 2 nitrogen and oxygen atoms in total. The number of halogens is 1. The Kier molecular flexibility index (Phi) is 3.92. The van der Waals surface area contributed by atoms with Crippen LogP contribution in [0.4, 0.5) is 0 Å². The van der Waals surface area contributed by atoms with E-state index in [2.05, 4.69) is 20.9 Å². The van der Waals surface area contributed by atoms with Gasteiger partial charge in [-0.25, -0.2) is 0 Å². The Morgan fingerprint density at radius 2 is 2.12 bits per heavy atom. The molecule has 1 unspecified atom stereocenters. The van der Waals surface area contributed by atoms with Gasteiger partial charge in [-0.2, -0.15) is 0 Å². The topological polar surface area (TPSA) is 33.1 Å². The molecule has 0 bridgehead atoms. The Morgan fingerprint density at radius 1 is 1.29 bits per heavy atom. The maximum atomic E-state index is 10.1. The van der Waals surface area contributed by atoms with Gasteiger partial charge in [0.25, 0.3) is 0 Å². The summed E-state index contributed by atoms with van der Waals surface area (Å²) in [6, 6.07) is 11.7. The third-order valence-corrected chi connectivity index (χ3v) is 3.10. The van der Waals surface area contributed by atoms with E-state index in [-0.39, 0.29) is 0 Å². The monoisotopic (exact) mass is 291 g/mol. The number of benzene rings is 1. The van der Waals surface area contributed by atoms with Gasteiger partial charge in [0.05, 0.1) is 6.10 Å². The van der Waals surface area contributed by atoms with Crippen molar-refractivity contribution in [3.63, 3.8) is 0 Å². The first kappa shape index (κ1) is 12.3. The fourth-order valence-corrected chi connectivity index (χ4v) is 2.07. The Balaban J connectivity index is 2.11. The Labute approximate surface area is 109 Å². The van der Waals surface area contributed by atoms with Crippen LogP contribution in [0.1, 0.15) is 22.9 Å². The second-order valence-corrected chi connectivity index (χ2v) is 5.02. The molecular weight excluding hydrogens is 278 g/mol. The highest BCUT2D eigenvalue weighted by molar-refractivity contribution is 9.10. The van der Waals surface area contributed by atoms with Crippen molar-refractivity contribution in [2.45, 2.75) is 19.4 Å². The lowest BCUT2D eigenvalue weighted by molar-refractivity contribution is 0.177. The molecule has 3 heteroatoms. The second-order valence-electron chi connectivity index (χ2n) is 4.10. The molecule has 1 heterocycles. The van der Waals surface area contributed by atoms with Crippen LogP contribution in [0, 0.1) is 6.92 Å². The van der Waals surface area contributed by atoms with Crippen molar-refractivity contribution in [3.05, 3.63) is 63.9 Å². The van der Waals surface area contributed by atoms with Gasteiger partial charge in [0.1, 0.15) is 0 Å². The SMILES string of the molecule is Cc1ccc(CC(O)c2cccc(Br)c2)nc1. The first-order valence-corrected chi connectivity index (χ1v) is 6.29. The van der Waals surface area contributed by atoms with E-state index in [0.29, 0.717) is 6.42 Å². The smallest absolute Gasteiger partial charge is 0.0845 e. The van der Waals surface area contributed by atoms with Gasteiger partial charge in [0.15, 0.2) is 0 Å². The van der Waals surface area contributed by atoms with Crippen molar-refractivity contribution in [2.75, 3.05) is 0 Å². The first-order valence-electron chi connectivity index (χ1n) is 5.50. The van der Waals surface area contributed by atoms with Gasteiger partial charge < -0.3 is 5.11 Å². The molecule has 2 rings (SSSR count). The van der Waals surface area contributed by atoms with Gasteiger partial charge in [-0.15, -0.1) is 0 Å². The Morgan fingerprint density at radius 3 is 2.76 bits per heavy atom. The zero-order valence-corrected chi connectivity index (χ0v) is 11.2. The average Bonchev–Trinajstić information content (AvgIpc) is 2.32. The fraction of sp³-hybridized carbons (Fsp3) is 0.214. The molecule has 88 valence electrons. The highest BCUT2D eigenvalue weighted by atomic mass is 79.9. The number of aliphatic hydroxyl groups excluding tert-OH is 1.